The molecule has 0 saturated heterocycles. The molecule has 2 N–H and O–H groups in total. The van der Waals surface area contributed by atoms with Gasteiger partial charge in [0.05, 0.1) is 6.04 Å². The molecular formula is C10H12FNO. The highest BCUT2D eigenvalue weighted by Crippen LogP contribution is 2.09. The summed E-state index contributed by atoms with van der Waals surface area (Å²) in [6.45, 7) is 3.32. The van der Waals surface area contributed by atoms with Crippen molar-refractivity contribution >= 4 is 5.78 Å². The lowest BCUT2D eigenvalue weighted by Crippen LogP contribution is -2.26. The van der Waals surface area contributed by atoms with Gasteiger partial charge < -0.3 is 5.73 Å². The molecule has 13 heavy (non-hydrogen) atoms. The summed E-state index contributed by atoms with van der Waals surface area (Å²) >= 11 is 0. The van der Waals surface area contributed by atoms with E-state index in [4.69, 9.17) is 5.73 Å². The van der Waals surface area contributed by atoms with Gasteiger partial charge >= 0.3 is 0 Å². The summed E-state index contributed by atoms with van der Waals surface area (Å²) in [7, 11) is 0. The molecule has 0 aliphatic carbocycles. The molecule has 0 fully saturated rings. The summed E-state index contributed by atoms with van der Waals surface area (Å²) in [5.74, 6) is -0.633. The second-order valence-corrected chi connectivity index (χ2v) is 3.17. The van der Waals surface area contributed by atoms with E-state index in [2.05, 4.69) is 0 Å². The lowest BCUT2D eigenvalue weighted by atomic mass is 10.0. The van der Waals surface area contributed by atoms with E-state index in [-0.39, 0.29) is 5.78 Å². The van der Waals surface area contributed by atoms with Crippen molar-refractivity contribution in [3.63, 3.8) is 0 Å². The van der Waals surface area contributed by atoms with Crippen molar-refractivity contribution in [3.8, 4) is 0 Å². The zero-order valence-corrected chi connectivity index (χ0v) is 7.67. The van der Waals surface area contributed by atoms with Crippen molar-refractivity contribution in [1.82, 2.24) is 0 Å². The van der Waals surface area contributed by atoms with Gasteiger partial charge in [-0.3, -0.25) is 4.79 Å². The molecule has 0 heterocycles. The number of nitrogens with two attached hydrogens (primary N) is 1. The normalized spacial score (nSPS) is 12.6. The standard InChI is InChI=1S/C10H12FNO/c1-6-3-8(5-9(11)4-6)10(13)7(2)12/h3-5,7H,12H2,1-2H3. The van der Waals surface area contributed by atoms with Gasteiger partial charge in [-0.25, -0.2) is 4.39 Å². The Balaban J connectivity index is 3.08. The van der Waals surface area contributed by atoms with Gasteiger partial charge in [0.15, 0.2) is 5.78 Å². The van der Waals surface area contributed by atoms with Crippen molar-refractivity contribution in [1.29, 1.82) is 0 Å². The Hall–Kier alpha value is -1.22. The molecule has 2 nitrogen and oxygen atoms in total. The number of carbonyl (C=O) groups is 1. The highest BCUT2D eigenvalue weighted by molar-refractivity contribution is 5.99. The van der Waals surface area contributed by atoms with Gasteiger partial charge in [-0.05, 0) is 37.6 Å². The average molecular weight is 181 g/mol. The lowest BCUT2D eigenvalue weighted by Gasteiger charge is -2.05. The third-order valence-corrected chi connectivity index (χ3v) is 1.74. The second-order valence-electron chi connectivity index (χ2n) is 3.17. The topological polar surface area (TPSA) is 43.1 Å². The quantitative estimate of drug-likeness (QED) is 0.705. The monoisotopic (exact) mass is 181 g/mol. The fourth-order valence-electron chi connectivity index (χ4n) is 1.14. The number of carbonyl (C=O) groups excluding carboxylic acids is 1. The Morgan fingerprint density at radius 2 is 2.08 bits per heavy atom. The van der Waals surface area contributed by atoms with Crippen molar-refractivity contribution < 1.29 is 9.18 Å². The van der Waals surface area contributed by atoms with E-state index in [1.54, 1.807) is 19.9 Å². The molecule has 0 radical (unpaired) electrons. The smallest absolute Gasteiger partial charge is 0.179 e. The Morgan fingerprint density at radius 1 is 1.46 bits per heavy atom. The van der Waals surface area contributed by atoms with E-state index in [0.717, 1.165) is 5.56 Å². The van der Waals surface area contributed by atoms with Gasteiger partial charge in [-0.1, -0.05) is 0 Å². The molecule has 0 bridgehead atoms. The minimum atomic E-state index is -0.582. The Bertz CT molecular complexity index is 313. The van der Waals surface area contributed by atoms with Crippen LogP contribution in [0.1, 0.15) is 22.8 Å². The van der Waals surface area contributed by atoms with E-state index in [1.807, 2.05) is 0 Å². The molecule has 0 aliphatic heterocycles. The molecule has 1 aromatic rings. The van der Waals surface area contributed by atoms with Crippen LogP contribution >= 0.6 is 0 Å². The first kappa shape index (κ1) is 9.86. The van der Waals surface area contributed by atoms with Gasteiger partial charge in [0.1, 0.15) is 5.82 Å². The van der Waals surface area contributed by atoms with Gasteiger partial charge in [-0.15, -0.1) is 0 Å². The van der Waals surface area contributed by atoms with Crippen LogP contribution in [0.5, 0.6) is 0 Å². The molecule has 1 atom stereocenters. The predicted molar refractivity (Wildman–Crippen MR) is 49.1 cm³/mol. The maximum atomic E-state index is 12.9. The SMILES string of the molecule is Cc1cc(F)cc(C(=O)C(C)N)c1. The summed E-state index contributed by atoms with van der Waals surface area (Å²) in [4.78, 5) is 11.4. The minimum Gasteiger partial charge on any atom is -0.321 e. The number of hydrogen-bond acceptors (Lipinski definition) is 2. The van der Waals surface area contributed by atoms with E-state index < -0.39 is 11.9 Å². The maximum Gasteiger partial charge on any atom is 0.179 e. The van der Waals surface area contributed by atoms with E-state index >= 15 is 0 Å². The summed E-state index contributed by atoms with van der Waals surface area (Å²) in [6, 6.07) is 3.63. The van der Waals surface area contributed by atoms with Crippen LogP contribution in [-0.2, 0) is 0 Å². The summed E-state index contributed by atoms with van der Waals surface area (Å²) in [6.07, 6.45) is 0. The van der Waals surface area contributed by atoms with E-state index in [1.165, 1.54) is 12.1 Å². The van der Waals surface area contributed by atoms with Crippen LogP contribution in [0, 0.1) is 12.7 Å². The highest BCUT2D eigenvalue weighted by Gasteiger charge is 2.11. The van der Waals surface area contributed by atoms with Crippen LogP contribution in [0.4, 0.5) is 4.39 Å². The molecule has 1 rings (SSSR count). The van der Waals surface area contributed by atoms with Crippen LogP contribution < -0.4 is 5.73 Å². The molecule has 3 heteroatoms. The molecule has 1 aromatic carbocycles. The first-order valence-electron chi connectivity index (χ1n) is 4.07. The Labute approximate surface area is 76.6 Å². The van der Waals surface area contributed by atoms with Crippen molar-refractivity contribution in [2.75, 3.05) is 0 Å². The molecule has 0 aliphatic rings. The molecule has 0 spiro atoms. The summed E-state index contributed by atoms with van der Waals surface area (Å²) in [5, 5.41) is 0. The summed E-state index contributed by atoms with van der Waals surface area (Å²) < 4.78 is 12.9. The molecule has 0 aromatic heterocycles. The summed E-state index contributed by atoms with van der Waals surface area (Å²) in [5.41, 5.74) is 6.46. The van der Waals surface area contributed by atoms with Gasteiger partial charge in [0, 0.05) is 5.56 Å². The van der Waals surface area contributed by atoms with Gasteiger partial charge in [0.2, 0.25) is 0 Å². The third-order valence-electron chi connectivity index (χ3n) is 1.74. The highest BCUT2D eigenvalue weighted by atomic mass is 19.1. The molecule has 0 saturated carbocycles. The number of benzene rings is 1. The third kappa shape index (κ3) is 2.36. The zero-order valence-electron chi connectivity index (χ0n) is 7.67. The number of rotatable bonds is 2. The number of hydrogen-bond donors (Lipinski definition) is 1. The van der Waals surface area contributed by atoms with Crippen LogP contribution in [-0.4, -0.2) is 11.8 Å². The Morgan fingerprint density at radius 3 is 2.54 bits per heavy atom. The van der Waals surface area contributed by atoms with Crippen LogP contribution in [0.15, 0.2) is 18.2 Å². The fraction of sp³-hybridized carbons (Fsp3) is 0.300. The second kappa shape index (κ2) is 3.66. The fourth-order valence-corrected chi connectivity index (χ4v) is 1.14. The maximum absolute atomic E-state index is 12.9. The number of aryl methyl sites for hydroxylation is 1. The van der Waals surface area contributed by atoms with Crippen LogP contribution in [0.2, 0.25) is 0 Å². The van der Waals surface area contributed by atoms with Gasteiger partial charge in [-0.2, -0.15) is 0 Å². The lowest BCUT2D eigenvalue weighted by molar-refractivity contribution is 0.0967. The van der Waals surface area contributed by atoms with E-state index in [9.17, 15) is 9.18 Å². The molecule has 70 valence electrons. The molecule has 0 amide bonds. The van der Waals surface area contributed by atoms with Crippen LogP contribution in [0.3, 0.4) is 0 Å². The average Bonchev–Trinajstić information content (AvgIpc) is 2.01. The van der Waals surface area contributed by atoms with E-state index in [0.29, 0.717) is 5.56 Å². The van der Waals surface area contributed by atoms with Crippen molar-refractivity contribution in [3.05, 3.63) is 35.1 Å². The molecule has 1 unspecified atom stereocenters. The Kier molecular flexibility index (Phi) is 2.78. The van der Waals surface area contributed by atoms with Crippen molar-refractivity contribution in [2.45, 2.75) is 19.9 Å². The predicted octanol–water partition coefficient (Wildman–Crippen LogP) is 1.66. The van der Waals surface area contributed by atoms with Gasteiger partial charge in [0.25, 0.3) is 0 Å². The first-order valence-corrected chi connectivity index (χ1v) is 4.07. The number of halogens is 1. The number of ketones is 1. The molecular weight excluding hydrogens is 169 g/mol. The first-order chi connectivity index (χ1) is 6.00. The number of Topliss-reactive ketones (excluding diaryl/α,β-unsaturated/α-hetero) is 1. The minimum absolute atomic E-state index is 0.234. The largest absolute Gasteiger partial charge is 0.321 e. The zero-order chi connectivity index (χ0) is 10.0. The van der Waals surface area contributed by atoms with Crippen LogP contribution in [0.25, 0.3) is 0 Å². The van der Waals surface area contributed by atoms with Crippen molar-refractivity contribution in [2.24, 2.45) is 5.73 Å².